The topological polar surface area (TPSA) is 78.5 Å². The zero-order valence-electron chi connectivity index (χ0n) is 16.3. The molecule has 0 saturated carbocycles. The Morgan fingerprint density at radius 3 is 2.50 bits per heavy atom. The van der Waals surface area contributed by atoms with Gasteiger partial charge in [-0.1, -0.05) is 0 Å². The molecule has 0 aromatic heterocycles. The molecule has 1 saturated heterocycles. The summed E-state index contributed by atoms with van der Waals surface area (Å²) >= 11 is 1.60. The van der Waals surface area contributed by atoms with Gasteiger partial charge in [0.2, 0.25) is 5.91 Å². The van der Waals surface area contributed by atoms with E-state index in [0.717, 1.165) is 10.6 Å². The number of carbonyl (C=O) groups is 3. The van der Waals surface area contributed by atoms with Crippen LogP contribution in [0.2, 0.25) is 0 Å². The van der Waals surface area contributed by atoms with Gasteiger partial charge in [-0.25, -0.2) is 4.39 Å². The lowest BCUT2D eigenvalue weighted by Gasteiger charge is -2.32. The van der Waals surface area contributed by atoms with Crippen LogP contribution >= 0.6 is 11.8 Å². The quantitative estimate of drug-likeness (QED) is 0.788. The molecule has 0 radical (unpaired) electrons. The summed E-state index contributed by atoms with van der Waals surface area (Å²) < 4.78 is 13.0. The normalized spacial score (nSPS) is 17.0. The summed E-state index contributed by atoms with van der Waals surface area (Å²) in [5.74, 6) is -0.00946. The van der Waals surface area contributed by atoms with Crippen LogP contribution in [0.3, 0.4) is 0 Å². The summed E-state index contributed by atoms with van der Waals surface area (Å²) in [4.78, 5) is 39.8. The number of nitrogens with one attached hydrogen (secondary N) is 2. The molecule has 0 atom stereocenters. The van der Waals surface area contributed by atoms with E-state index in [4.69, 9.17) is 0 Å². The van der Waals surface area contributed by atoms with E-state index < -0.39 is 0 Å². The van der Waals surface area contributed by atoms with Crippen LogP contribution in [0.4, 0.5) is 10.1 Å². The number of rotatable bonds is 3. The third-order valence-electron chi connectivity index (χ3n) is 5.31. The number of nitrogens with zero attached hydrogens (tertiary/aromatic N) is 1. The third-order valence-corrected chi connectivity index (χ3v) is 6.39. The lowest BCUT2D eigenvalue weighted by atomic mass is 10.0. The number of amides is 3. The molecular formula is C22H22FN3O3S. The standard InChI is InChI=1S/C22H22FN3O3S/c23-16-4-1-14(2-5-16)21(28)24-17-7-10-26(11-8-17)22(29)15-3-6-19-18(13-15)25-20(27)9-12-30-19/h1-6,13,17H,7-12H2,(H,24,28)(H,25,27). The fraction of sp³-hybridized carbons (Fsp3) is 0.318. The van der Waals surface area contributed by atoms with Gasteiger partial charge in [-0.3, -0.25) is 14.4 Å². The Labute approximate surface area is 178 Å². The van der Waals surface area contributed by atoms with Crippen molar-refractivity contribution in [2.75, 3.05) is 24.2 Å². The average molecular weight is 428 g/mol. The molecule has 2 aliphatic rings. The molecule has 30 heavy (non-hydrogen) atoms. The SMILES string of the molecule is O=C1CCSc2ccc(C(=O)N3CCC(NC(=O)c4ccc(F)cc4)CC3)cc2N1. The first-order valence-electron chi connectivity index (χ1n) is 9.92. The van der Waals surface area contributed by atoms with Crippen LogP contribution in [0.25, 0.3) is 0 Å². The highest BCUT2D eigenvalue weighted by molar-refractivity contribution is 7.99. The Hall–Kier alpha value is -2.87. The number of hydrogen-bond donors (Lipinski definition) is 2. The van der Waals surface area contributed by atoms with Gasteiger partial charge in [0, 0.05) is 47.3 Å². The number of carbonyl (C=O) groups excluding carboxylic acids is 3. The third kappa shape index (κ3) is 4.64. The largest absolute Gasteiger partial charge is 0.349 e. The fourth-order valence-electron chi connectivity index (χ4n) is 3.63. The number of halogens is 1. The molecule has 4 rings (SSSR count). The van der Waals surface area contributed by atoms with Gasteiger partial charge < -0.3 is 15.5 Å². The number of benzene rings is 2. The number of likely N-dealkylation sites (tertiary alicyclic amines) is 1. The van der Waals surface area contributed by atoms with E-state index in [1.54, 1.807) is 28.8 Å². The number of thioether (sulfide) groups is 1. The van der Waals surface area contributed by atoms with Gasteiger partial charge in [0.1, 0.15) is 5.82 Å². The Morgan fingerprint density at radius 1 is 1.07 bits per heavy atom. The van der Waals surface area contributed by atoms with Crippen molar-refractivity contribution < 1.29 is 18.8 Å². The number of piperidine rings is 1. The molecule has 6 nitrogen and oxygen atoms in total. The lowest BCUT2D eigenvalue weighted by Crippen LogP contribution is -2.46. The summed E-state index contributed by atoms with van der Waals surface area (Å²) in [6.45, 7) is 1.07. The highest BCUT2D eigenvalue weighted by atomic mass is 32.2. The molecule has 8 heteroatoms. The van der Waals surface area contributed by atoms with Crippen LogP contribution in [-0.4, -0.2) is 47.5 Å². The van der Waals surface area contributed by atoms with Crippen molar-refractivity contribution in [3.05, 3.63) is 59.4 Å². The van der Waals surface area contributed by atoms with Crippen molar-refractivity contribution in [1.29, 1.82) is 0 Å². The van der Waals surface area contributed by atoms with Crippen LogP contribution in [0.5, 0.6) is 0 Å². The van der Waals surface area contributed by atoms with E-state index in [-0.39, 0.29) is 29.6 Å². The summed E-state index contributed by atoms with van der Waals surface area (Å²) in [5.41, 5.74) is 1.65. The molecule has 2 N–H and O–H groups in total. The molecule has 0 bridgehead atoms. The number of anilines is 1. The summed E-state index contributed by atoms with van der Waals surface area (Å²) in [7, 11) is 0. The smallest absolute Gasteiger partial charge is 0.253 e. The molecule has 0 unspecified atom stereocenters. The van der Waals surface area contributed by atoms with Crippen LogP contribution in [-0.2, 0) is 4.79 Å². The van der Waals surface area contributed by atoms with Crippen LogP contribution in [0, 0.1) is 5.82 Å². The van der Waals surface area contributed by atoms with E-state index >= 15 is 0 Å². The number of hydrogen-bond acceptors (Lipinski definition) is 4. The second-order valence-electron chi connectivity index (χ2n) is 7.40. The molecule has 2 aliphatic heterocycles. The minimum atomic E-state index is -0.380. The molecule has 0 spiro atoms. The van der Waals surface area contributed by atoms with Gasteiger partial charge in [0.25, 0.3) is 11.8 Å². The second-order valence-corrected chi connectivity index (χ2v) is 8.54. The van der Waals surface area contributed by atoms with Gasteiger partial charge in [-0.05, 0) is 55.3 Å². The zero-order valence-corrected chi connectivity index (χ0v) is 17.1. The maximum absolute atomic E-state index is 13.0. The molecular weight excluding hydrogens is 405 g/mol. The van der Waals surface area contributed by atoms with Crippen LogP contribution < -0.4 is 10.6 Å². The molecule has 0 aliphatic carbocycles. The van der Waals surface area contributed by atoms with Crippen LogP contribution in [0.15, 0.2) is 47.4 Å². The van der Waals surface area contributed by atoms with Gasteiger partial charge in [-0.15, -0.1) is 11.8 Å². The Balaban J connectivity index is 1.35. The highest BCUT2D eigenvalue weighted by Crippen LogP contribution is 2.32. The lowest BCUT2D eigenvalue weighted by molar-refractivity contribution is -0.115. The summed E-state index contributed by atoms with van der Waals surface area (Å²) in [5, 5.41) is 5.82. The fourth-order valence-corrected chi connectivity index (χ4v) is 4.57. The number of fused-ring (bicyclic) bond motifs is 1. The molecule has 2 heterocycles. The van der Waals surface area contributed by atoms with Gasteiger partial charge in [0.05, 0.1) is 5.69 Å². The van der Waals surface area contributed by atoms with Crippen molar-refractivity contribution in [1.82, 2.24) is 10.2 Å². The van der Waals surface area contributed by atoms with Crippen molar-refractivity contribution in [3.8, 4) is 0 Å². The maximum Gasteiger partial charge on any atom is 0.253 e. The maximum atomic E-state index is 13.0. The molecule has 2 aromatic carbocycles. The van der Waals surface area contributed by atoms with Gasteiger partial charge in [-0.2, -0.15) is 0 Å². The first-order valence-corrected chi connectivity index (χ1v) is 10.9. The average Bonchev–Trinajstić information content (AvgIpc) is 2.94. The molecule has 1 fully saturated rings. The van der Waals surface area contributed by atoms with Crippen molar-refractivity contribution in [3.63, 3.8) is 0 Å². The van der Waals surface area contributed by atoms with E-state index in [2.05, 4.69) is 10.6 Å². The van der Waals surface area contributed by atoms with Gasteiger partial charge in [0.15, 0.2) is 0 Å². The van der Waals surface area contributed by atoms with Crippen LogP contribution in [0.1, 0.15) is 40.0 Å². The monoisotopic (exact) mass is 427 g/mol. The second kappa shape index (κ2) is 8.87. The van der Waals surface area contributed by atoms with E-state index in [9.17, 15) is 18.8 Å². The Bertz CT molecular complexity index is 972. The molecule has 2 aromatic rings. The summed E-state index contributed by atoms with van der Waals surface area (Å²) in [6.07, 6.45) is 1.76. The van der Waals surface area contributed by atoms with E-state index in [0.29, 0.717) is 49.2 Å². The first-order chi connectivity index (χ1) is 14.5. The highest BCUT2D eigenvalue weighted by Gasteiger charge is 2.26. The van der Waals surface area contributed by atoms with Crippen molar-refractivity contribution in [2.45, 2.75) is 30.2 Å². The van der Waals surface area contributed by atoms with Gasteiger partial charge >= 0.3 is 0 Å². The Morgan fingerprint density at radius 2 is 1.77 bits per heavy atom. The predicted molar refractivity (Wildman–Crippen MR) is 113 cm³/mol. The minimum absolute atomic E-state index is 0.0330. The van der Waals surface area contributed by atoms with Crippen molar-refractivity contribution >= 4 is 35.2 Å². The van der Waals surface area contributed by atoms with E-state index in [1.165, 1.54) is 24.3 Å². The Kier molecular flexibility index (Phi) is 6.03. The minimum Gasteiger partial charge on any atom is -0.349 e. The predicted octanol–water partition coefficient (Wildman–Crippen LogP) is 3.29. The van der Waals surface area contributed by atoms with E-state index in [1.807, 2.05) is 6.07 Å². The first kappa shape index (κ1) is 20.4. The van der Waals surface area contributed by atoms with Crippen molar-refractivity contribution in [2.24, 2.45) is 0 Å². The summed E-state index contributed by atoms with van der Waals surface area (Å²) in [6, 6.07) is 10.8. The molecule has 3 amide bonds. The molecule has 156 valence electrons. The zero-order chi connectivity index (χ0) is 21.1.